The second-order valence-electron chi connectivity index (χ2n) is 5.17. The monoisotopic (exact) mass is 332 g/mol. The Hall–Kier alpha value is -1.01. The van der Waals surface area contributed by atoms with E-state index in [1.54, 1.807) is 0 Å². The van der Waals surface area contributed by atoms with Crippen molar-refractivity contribution < 1.29 is 13.0 Å². The predicted octanol–water partition coefficient (Wildman–Crippen LogP) is 3.18. The average molecular weight is 333 g/mol. The third-order valence-electron chi connectivity index (χ3n) is 3.83. The molecule has 1 aromatic carbocycles. The molecule has 2 heterocycles. The van der Waals surface area contributed by atoms with Crippen molar-refractivity contribution in [2.75, 3.05) is 17.4 Å². The summed E-state index contributed by atoms with van der Waals surface area (Å²) in [4.78, 5) is 4.30. The molecule has 0 N–H and O–H groups in total. The molecule has 3 nitrogen and oxygen atoms in total. The summed E-state index contributed by atoms with van der Waals surface area (Å²) < 4.78 is 40.9. The number of hydrogen-bond acceptors (Lipinski definition) is 2. The van der Waals surface area contributed by atoms with Gasteiger partial charge < -0.3 is 4.57 Å². The predicted molar refractivity (Wildman–Crippen MR) is 80.2 cm³/mol. The minimum absolute atomic E-state index is 0.0760. The largest absolute Gasteiger partial charge is 0.325 e. The van der Waals surface area contributed by atoms with E-state index in [-0.39, 0.29) is 11.6 Å². The van der Waals surface area contributed by atoms with Gasteiger partial charge in [-0.1, -0.05) is 0 Å². The second-order valence-corrected chi connectivity index (χ2v) is 7.25. The van der Waals surface area contributed by atoms with Gasteiger partial charge in [-0.3, -0.25) is 4.21 Å². The fourth-order valence-corrected chi connectivity index (χ4v) is 4.32. The molecule has 7 heteroatoms. The molecule has 0 radical (unpaired) electrons. The van der Waals surface area contributed by atoms with Gasteiger partial charge in [-0.05, 0) is 18.9 Å². The molecule has 1 saturated heterocycles. The number of rotatable bonds is 3. The lowest BCUT2D eigenvalue weighted by atomic mass is 10.1. The van der Waals surface area contributed by atoms with E-state index in [1.807, 2.05) is 4.57 Å². The van der Waals surface area contributed by atoms with Crippen LogP contribution in [-0.4, -0.2) is 31.1 Å². The van der Waals surface area contributed by atoms with E-state index in [2.05, 4.69) is 4.98 Å². The molecular formula is C14H15ClF2N2OS. The van der Waals surface area contributed by atoms with Crippen LogP contribution >= 0.6 is 11.6 Å². The smallest absolute Gasteiger partial charge is 0.153 e. The van der Waals surface area contributed by atoms with Crippen molar-refractivity contribution in [3.63, 3.8) is 0 Å². The van der Waals surface area contributed by atoms with Gasteiger partial charge in [0.2, 0.25) is 0 Å². The highest BCUT2D eigenvalue weighted by Crippen LogP contribution is 2.30. The van der Waals surface area contributed by atoms with Crippen LogP contribution in [0.25, 0.3) is 11.0 Å². The molecule has 1 aliphatic heterocycles. The maximum atomic E-state index is 13.9. The fraction of sp³-hybridized carbons (Fsp3) is 0.500. The molecule has 0 unspecified atom stereocenters. The molecule has 2 aromatic rings. The normalized spacial score (nSPS) is 22.8. The number of nitrogens with zero attached hydrogens (tertiary/aromatic N) is 2. The highest BCUT2D eigenvalue weighted by atomic mass is 35.5. The summed E-state index contributed by atoms with van der Waals surface area (Å²) >= 11 is 5.80. The van der Waals surface area contributed by atoms with Gasteiger partial charge >= 0.3 is 0 Å². The zero-order valence-corrected chi connectivity index (χ0v) is 12.9. The van der Waals surface area contributed by atoms with E-state index in [0.717, 1.165) is 18.9 Å². The van der Waals surface area contributed by atoms with Gasteiger partial charge in [0.15, 0.2) is 5.82 Å². The number of benzene rings is 1. The number of aryl methyl sites for hydroxylation is 1. The van der Waals surface area contributed by atoms with Crippen molar-refractivity contribution >= 4 is 33.4 Å². The van der Waals surface area contributed by atoms with Gasteiger partial charge in [-0.25, -0.2) is 13.8 Å². The van der Waals surface area contributed by atoms with Crippen LogP contribution < -0.4 is 0 Å². The van der Waals surface area contributed by atoms with E-state index >= 15 is 0 Å². The van der Waals surface area contributed by atoms with Gasteiger partial charge in [0, 0.05) is 46.7 Å². The summed E-state index contributed by atoms with van der Waals surface area (Å²) in [6.07, 6.45) is 1.95. The van der Waals surface area contributed by atoms with Crippen LogP contribution in [0, 0.1) is 11.6 Å². The Morgan fingerprint density at radius 1 is 1.33 bits per heavy atom. The first-order valence-corrected chi connectivity index (χ1v) is 8.89. The molecule has 0 spiro atoms. The molecule has 0 aliphatic carbocycles. The van der Waals surface area contributed by atoms with E-state index in [0.29, 0.717) is 35.1 Å². The maximum absolute atomic E-state index is 13.9. The lowest BCUT2D eigenvalue weighted by molar-refractivity contribution is 0.458. The molecule has 0 amide bonds. The fourth-order valence-electron chi connectivity index (χ4n) is 2.88. The number of aromatic nitrogens is 2. The van der Waals surface area contributed by atoms with Crippen molar-refractivity contribution in [1.82, 2.24) is 9.55 Å². The first-order chi connectivity index (χ1) is 10.1. The summed E-state index contributed by atoms with van der Waals surface area (Å²) in [5.74, 6) is 0.996. The maximum Gasteiger partial charge on any atom is 0.153 e. The number of halogens is 3. The standard InChI is InChI=1S/C14H15ClF2N2OS/c15-4-1-13-18-14-11(17)7-9(16)8-12(14)19(13)10-2-5-21(20)6-3-10/h7-8,10H,1-6H2. The van der Waals surface area contributed by atoms with Crippen molar-refractivity contribution in [3.05, 3.63) is 29.6 Å². The van der Waals surface area contributed by atoms with Crippen LogP contribution in [0.5, 0.6) is 0 Å². The van der Waals surface area contributed by atoms with E-state index in [4.69, 9.17) is 11.6 Å². The molecule has 1 aliphatic rings. The van der Waals surface area contributed by atoms with E-state index in [1.165, 1.54) is 6.07 Å². The molecular weight excluding hydrogens is 318 g/mol. The first-order valence-electron chi connectivity index (χ1n) is 6.87. The van der Waals surface area contributed by atoms with E-state index < -0.39 is 22.4 Å². The zero-order valence-electron chi connectivity index (χ0n) is 11.3. The summed E-state index contributed by atoms with van der Waals surface area (Å²) in [5, 5.41) is 0. The van der Waals surface area contributed by atoms with Gasteiger partial charge in [0.05, 0.1) is 5.52 Å². The zero-order chi connectivity index (χ0) is 15.0. The SMILES string of the molecule is O=S1CCC(n2c(CCCl)nc3c(F)cc(F)cc32)CC1. The molecule has 1 fully saturated rings. The lowest BCUT2D eigenvalue weighted by Gasteiger charge is -2.25. The van der Waals surface area contributed by atoms with Crippen molar-refractivity contribution in [3.8, 4) is 0 Å². The van der Waals surface area contributed by atoms with Crippen LogP contribution in [-0.2, 0) is 17.2 Å². The topological polar surface area (TPSA) is 34.9 Å². The average Bonchev–Trinajstić information content (AvgIpc) is 2.79. The molecule has 3 rings (SSSR count). The molecule has 114 valence electrons. The van der Waals surface area contributed by atoms with E-state index in [9.17, 15) is 13.0 Å². The third-order valence-corrected chi connectivity index (χ3v) is 5.40. The van der Waals surface area contributed by atoms with Gasteiger partial charge in [-0.15, -0.1) is 11.6 Å². The summed E-state index contributed by atoms with van der Waals surface area (Å²) in [5.41, 5.74) is 0.647. The number of imidazole rings is 1. The Balaban J connectivity index is 2.13. The Labute approximate surface area is 128 Å². The first kappa shape index (κ1) is 14.9. The molecule has 0 bridgehead atoms. The molecule has 1 aromatic heterocycles. The minimum atomic E-state index is -0.783. The third kappa shape index (κ3) is 2.83. The van der Waals surface area contributed by atoms with Crippen LogP contribution in [0.3, 0.4) is 0 Å². The molecule has 21 heavy (non-hydrogen) atoms. The Morgan fingerprint density at radius 2 is 2.05 bits per heavy atom. The quantitative estimate of drug-likeness (QED) is 0.809. The molecule has 0 saturated carbocycles. The van der Waals surface area contributed by atoms with Gasteiger partial charge in [0.1, 0.15) is 17.2 Å². The Morgan fingerprint density at radius 3 is 2.71 bits per heavy atom. The summed E-state index contributed by atoms with van der Waals surface area (Å²) in [7, 11) is -0.783. The van der Waals surface area contributed by atoms with Crippen LogP contribution in [0.2, 0.25) is 0 Å². The second kappa shape index (κ2) is 6.01. The highest BCUT2D eigenvalue weighted by Gasteiger charge is 2.25. The Bertz CT molecular complexity index is 694. The van der Waals surface area contributed by atoms with Crippen LogP contribution in [0.4, 0.5) is 8.78 Å². The van der Waals surface area contributed by atoms with Crippen LogP contribution in [0.1, 0.15) is 24.7 Å². The van der Waals surface area contributed by atoms with Gasteiger partial charge in [-0.2, -0.15) is 0 Å². The van der Waals surface area contributed by atoms with Crippen LogP contribution in [0.15, 0.2) is 12.1 Å². The van der Waals surface area contributed by atoms with Crippen molar-refractivity contribution in [2.45, 2.75) is 25.3 Å². The molecule has 0 atom stereocenters. The number of fused-ring (bicyclic) bond motifs is 1. The lowest BCUT2D eigenvalue weighted by Crippen LogP contribution is -2.23. The summed E-state index contributed by atoms with van der Waals surface area (Å²) in [6, 6.07) is 2.24. The number of hydrogen-bond donors (Lipinski definition) is 0. The van der Waals surface area contributed by atoms with Crippen molar-refractivity contribution in [1.29, 1.82) is 0 Å². The minimum Gasteiger partial charge on any atom is -0.325 e. The van der Waals surface area contributed by atoms with Gasteiger partial charge in [0.25, 0.3) is 0 Å². The van der Waals surface area contributed by atoms with Crippen molar-refractivity contribution in [2.24, 2.45) is 0 Å². The number of alkyl halides is 1. The Kier molecular flexibility index (Phi) is 4.26. The summed E-state index contributed by atoms with van der Waals surface area (Å²) in [6.45, 7) is 0. The highest BCUT2D eigenvalue weighted by molar-refractivity contribution is 7.85.